The standard InChI is InChI=1S/C11H10F3I/c1-7(15)6-9-4-3-5-10(8(9)2)11(12,13)14/h3-5H,1,6H2,2H3. The van der Waals surface area contributed by atoms with E-state index in [4.69, 9.17) is 0 Å². The fourth-order valence-corrected chi connectivity index (χ4v) is 1.80. The van der Waals surface area contributed by atoms with Gasteiger partial charge in [0.15, 0.2) is 0 Å². The first-order chi connectivity index (χ1) is 6.82. The maximum Gasteiger partial charge on any atom is 0.416 e. The van der Waals surface area contributed by atoms with Crippen LogP contribution in [0.1, 0.15) is 16.7 Å². The minimum Gasteiger partial charge on any atom is -0.166 e. The van der Waals surface area contributed by atoms with E-state index in [1.807, 2.05) is 22.6 Å². The first-order valence-electron chi connectivity index (χ1n) is 4.31. The molecule has 0 saturated carbocycles. The quantitative estimate of drug-likeness (QED) is 0.702. The van der Waals surface area contributed by atoms with Gasteiger partial charge in [0.25, 0.3) is 0 Å². The molecular formula is C11H10F3I. The molecule has 1 rings (SSSR count). The summed E-state index contributed by atoms with van der Waals surface area (Å²) < 4.78 is 38.5. The van der Waals surface area contributed by atoms with Crippen LogP contribution in [0.2, 0.25) is 0 Å². The molecule has 4 heteroatoms. The van der Waals surface area contributed by atoms with Crippen LogP contribution in [0.5, 0.6) is 0 Å². The van der Waals surface area contributed by atoms with Crippen LogP contribution in [-0.2, 0) is 12.6 Å². The van der Waals surface area contributed by atoms with E-state index in [9.17, 15) is 13.2 Å². The first-order valence-corrected chi connectivity index (χ1v) is 5.39. The maximum absolute atomic E-state index is 12.5. The van der Waals surface area contributed by atoms with Crippen LogP contribution in [-0.4, -0.2) is 0 Å². The van der Waals surface area contributed by atoms with Crippen molar-refractivity contribution < 1.29 is 13.2 Å². The van der Waals surface area contributed by atoms with Crippen LogP contribution in [0.25, 0.3) is 0 Å². The normalized spacial score (nSPS) is 11.5. The van der Waals surface area contributed by atoms with E-state index < -0.39 is 11.7 Å². The predicted octanol–water partition coefficient (Wildman–Crippen LogP) is 4.51. The summed E-state index contributed by atoms with van der Waals surface area (Å²) in [6, 6.07) is 4.24. The third kappa shape index (κ3) is 3.22. The van der Waals surface area contributed by atoms with Crippen molar-refractivity contribution in [3.63, 3.8) is 0 Å². The lowest BCUT2D eigenvalue weighted by Crippen LogP contribution is -2.09. The number of allylic oxidation sites excluding steroid dienone is 1. The molecule has 0 amide bonds. The molecule has 1 aromatic carbocycles. The molecule has 0 N–H and O–H groups in total. The van der Waals surface area contributed by atoms with Gasteiger partial charge in [0.1, 0.15) is 0 Å². The molecule has 0 aliphatic rings. The molecule has 0 unspecified atom stereocenters. The van der Waals surface area contributed by atoms with Gasteiger partial charge in [-0.1, -0.05) is 18.7 Å². The summed E-state index contributed by atoms with van der Waals surface area (Å²) in [7, 11) is 0. The van der Waals surface area contributed by atoms with E-state index in [0.29, 0.717) is 17.5 Å². The van der Waals surface area contributed by atoms with Gasteiger partial charge in [-0.25, -0.2) is 0 Å². The second-order valence-corrected chi connectivity index (χ2v) is 4.81. The van der Waals surface area contributed by atoms with Crippen LogP contribution < -0.4 is 0 Å². The van der Waals surface area contributed by atoms with Crippen LogP contribution in [0.15, 0.2) is 28.4 Å². The minimum absolute atomic E-state index is 0.294. The van der Waals surface area contributed by atoms with Crippen LogP contribution in [0.4, 0.5) is 13.2 Å². The van der Waals surface area contributed by atoms with Crippen molar-refractivity contribution >= 4 is 22.6 Å². The number of hydrogen-bond acceptors (Lipinski definition) is 0. The van der Waals surface area contributed by atoms with E-state index in [2.05, 4.69) is 6.58 Å². The monoisotopic (exact) mass is 326 g/mol. The van der Waals surface area contributed by atoms with E-state index in [1.54, 1.807) is 6.07 Å². The number of rotatable bonds is 2. The lowest BCUT2D eigenvalue weighted by atomic mass is 10.00. The Morgan fingerprint density at radius 2 is 2.00 bits per heavy atom. The summed E-state index contributed by atoms with van der Waals surface area (Å²) in [4.78, 5) is 0. The van der Waals surface area contributed by atoms with Crippen LogP contribution >= 0.6 is 22.6 Å². The van der Waals surface area contributed by atoms with Gasteiger partial charge in [-0.05, 0) is 50.3 Å². The molecule has 0 aromatic heterocycles. The van der Waals surface area contributed by atoms with Gasteiger partial charge in [0, 0.05) is 6.42 Å². The Hall–Kier alpha value is -0.520. The Morgan fingerprint density at radius 1 is 1.40 bits per heavy atom. The highest BCUT2D eigenvalue weighted by Crippen LogP contribution is 2.33. The molecule has 0 aliphatic carbocycles. The van der Waals surface area contributed by atoms with Gasteiger partial charge in [0.2, 0.25) is 0 Å². The van der Waals surface area contributed by atoms with Gasteiger partial charge in [-0.2, -0.15) is 13.2 Å². The number of hydrogen-bond donors (Lipinski definition) is 0. The average Bonchev–Trinajstić information content (AvgIpc) is 2.05. The van der Waals surface area contributed by atoms with Gasteiger partial charge < -0.3 is 0 Å². The Kier molecular flexibility index (Phi) is 3.81. The third-order valence-electron chi connectivity index (χ3n) is 2.13. The fourth-order valence-electron chi connectivity index (χ4n) is 1.39. The average molecular weight is 326 g/mol. The summed E-state index contributed by atoms with van der Waals surface area (Å²) in [5, 5.41) is 0. The fraction of sp³-hybridized carbons (Fsp3) is 0.273. The van der Waals surface area contributed by atoms with Crippen molar-refractivity contribution in [1.29, 1.82) is 0 Å². The van der Waals surface area contributed by atoms with E-state index in [1.165, 1.54) is 13.0 Å². The van der Waals surface area contributed by atoms with Gasteiger partial charge in [0.05, 0.1) is 5.56 Å². The summed E-state index contributed by atoms with van der Waals surface area (Å²) in [5.74, 6) is 0. The molecule has 0 fully saturated rings. The summed E-state index contributed by atoms with van der Waals surface area (Å²) >= 11 is 2.02. The molecule has 0 aliphatic heterocycles. The first kappa shape index (κ1) is 12.5. The largest absolute Gasteiger partial charge is 0.416 e. The second-order valence-electron chi connectivity index (χ2n) is 3.28. The van der Waals surface area contributed by atoms with Gasteiger partial charge in [-0.3, -0.25) is 0 Å². The highest BCUT2D eigenvalue weighted by atomic mass is 127. The second kappa shape index (κ2) is 4.55. The number of alkyl halides is 3. The summed E-state index contributed by atoms with van der Waals surface area (Å²) in [6.07, 6.45) is -3.79. The Morgan fingerprint density at radius 3 is 2.47 bits per heavy atom. The molecule has 0 saturated heterocycles. The lowest BCUT2D eigenvalue weighted by molar-refractivity contribution is -0.138. The molecule has 0 spiro atoms. The zero-order valence-corrected chi connectivity index (χ0v) is 10.3. The van der Waals surface area contributed by atoms with E-state index in [-0.39, 0.29) is 0 Å². The zero-order valence-electron chi connectivity index (χ0n) is 8.16. The Balaban J connectivity index is 3.17. The molecule has 82 valence electrons. The summed E-state index contributed by atoms with van der Waals surface area (Å²) in [6.45, 7) is 5.19. The zero-order chi connectivity index (χ0) is 11.6. The van der Waals surface area contributed by atoms with Crippen LogP contribution in [0, 0.1) is 6.92 Å². The van der Waals surface area contributed by atoms with Crippen molar-refractivity contribution in [1.82, 2.24) is 0 Å². The van der Waals surface area contributed by atoms with E-state index >= 15 is 0 Å². The van der Waals surface area contributed by atoms with Crippen molar-refractivity contribution in [2.24, 2.45) is 0 Å². The molecule has 0 heterocycles. The molecular weight excluding hydrogens is 316 g/mol. The van der Waals surface area contributed by atoms with Crippen molar-refractivity contribution in [2.75, 3.05) is 0 Å². The molecule has 1 aromatic rings. The molecule has 0 radical (unpaired) electrons. The molecule has 0 atom stereocenters. The molecule has 15 heavy (non-hydrogen) atoms. The highest BCUT2D eigenvalue weighted by molar-refractivity contribution is 14.1. The van der Waals surface area contributed by atoms with Crippen LogP contribution in [0.3, 0.4) is 0 Å². The van der Waals surface area contributed by atoms with Crippen molar-refractivity contribution in [3.05, 3.63) is 45.0 Å². The smallest absolute Gasteiger partial charge is 0.166 e. The maximum atomic E-state index is 12.5. The molecule has 0 bridgehead atoms. The number of halogens is 4. The van der Waals surface area contributed by atoms with Crippen molar-refractivity contribution in [2.45, 2.75) is 19.5 Å². The van der Waals surface area contributed by atoms with E-state index in [0.717, 1.165) is 9.65 Å². The third-order valence-corrected chi connectivity index (χ3v) is 2.52. The number of benzene rings is 1. The molecule has 0 nitrogen and oxygen atoms in total. The Labute approximate surface area is 100 Å². The summed E-state index contributed by atoms with van der Waals surface area (Å²) in [5.41, 5.74) is 0.421. The topological polar surface area (TPSA) is 0 Å². The predicted molar refractivity (Wildman–Crippen MR) is 63.0 cm³/mol. The van der Waals surface area contributed by atoms with Gasteiger partial charge >= 0.3 is 6.18 Å². The minimum atomic E-state index is -4.27. The Bertz CT molecular complexity index is 380. The lowest BCUT2D eigenvalue weighted by Gasteiger charge is -2.13. The highest BCUT2D eigenvalue weighted by Gasteiger charge is 2.32. The SMILES string of the molecule is C=C(I)Cc1cccc(C(F)(F)F)c1C. The van der Waals surface area contributed by atoms with Gasteiger partial charge in [-0.15, -0.1) is 0 Å². The van der Waals surface area contributed by atoms with Crippen molar-refractivity contribution in [3.8, 4) is 0 Å².